The van der Waals surface area contributed by atoms with E-state index in [4.69, 9.17) is 14.5 Å². The predicted molar refractivity (Wildman–Crippen MR) is 281 cm³/mol. The van der Waals surface area contributed by atoms with Crippen molar-refractivity contribution in [1.82, 2.24) is 40.3 Å². The van der Waals surface area contributed by atoms with Crippen molar-refractivity contribution in [2.24, 2.45) is 21.7 Å². The van der Waals surface area contributed by atoms with Gasteiger partial charge in [0.2, 0.25) is 5.91 Å². The van der Waals surface area contributed by atoms with Gasteiger partial charge < -0.3 is 24.7 Å². The fraction of sp³-hybridized carbons (Fsp3) is 0.649. The van der Waals surface area contributed by atoms with Crippen LogP contribution >= 0.6 is 0 Å². The standard InChI is InChI=1S/C57H81N9O5/c1-8-65-49-18-17-41-29-44(49)46(52(65)45-30-43(32-59-50(45)38(4)70-7)63-26-25-62-22-10-9-15-42(62)33-63)31-56(5,6)36-71-55(69)47-16-12-23-66(61-47)54(68)48(28-39-13-11-14-40(41)27-39)60-53(67)51(37(2)3)64-24-20-57(35-64)19-21-58-34-57/h11,13-14,17-18,27,29,32,37-38,42-43,47-48,51,58,61H,8-10,12,15-16,19-26,28,30-31,33-36H2,1-7H3,(H,60,67)/t38-,42+,43?,47-,48-,51-,57-/m0/s1. The number of nitrogens with one attached hydrogen (secondary N) is 3. The molecule has 7 atom stereocenters. The van der Waals surface area contributed by atoms with E-state index in [-0.39, 0.29) is 53.9 Å². The summed E-state index contributed by atoms with van der Waals surface area (Å²) in [7, 11) is 1.78. The van der Waals surface area contributed by atoms with Gasteiger partial charge in [-0.05, 0) is 131 Å². The predicted octanol–water partition coefficient (Wildman–Crippen LogP) is 6.45. The maximum Gasteiger partial charge on any atom is 0.324 e. The smallest absolute Gasteiger partial charge is 0.324 e. The van der Waals surface area contributed by atoms with E-state index in [1.165, 1.54) is 48.0 Å². The third-order valence-electron chi connectivity index (χ3n) is 17.4. The number of aryl methyl sites for hydroxylation is 1. The van der Waals surface area contributed by atoms with E-state index in [0.717, 1.165) is 99.5 Å². The van der Waals surface area contributed by atoms with Crippen molar-refractivity contribution in [2.75, 3.05) is 72.6 Å². The minimum absolute atomic E-state index is 0.0486. The topological polar surface area (TPSA) is 136 Å². The second-order valence-electron chi connectivity index (χ2n) is 23.3. The van der Waals surface area contributed by atoms with Gasteiger partial charge in [-0.2, -0.15) is 0 Å². The Bertz CT molecular complexity index is 2520. The SMILES string of the molecule is CCn1c(C2=C([C@H](C)OC)N=CC(N3CCN4CCCC[C@@H]4C3)C2)c2c3cc(ccc31)-c1cccc(c1)C[C@H](NC(=O)[C@H](C(C)C)N1CC[C@]3(CCNC3)C1)C(=O)N1CCC[C@H](N1)C(=O)OCC(C)(C)C2. The van der Waals surface area contributed by atoms with E-state index in [1.807, 2.05) is 0 Å². The van der Waals surface area contributed by atoms with Gasteiger partial charge in [0.15, 0.2) is 0 Å². The minimum Gasteiger partial charge on any atom is -0.464 e. The molecule has 5 fully saturated rings. The van der Waals surface area contributed by atoms with E-state index < -0.39 is 17.5 Å². The zero-order chi connectivity index (χ0) is 49.6. The van der Waals surface area contributed by atoms with Crippen molar-refractivity contribution < 1.29 is 23.9 Å². The number of amides is 2. The number of esters is 1. The average Bonchev–Trinajstić information content (AvgIpc) is 4.10. The highest BCUT2D eigenvalue weighted by Gasteiger charge is 2.46. The summed E-state index contributed by atoms with van der Waals surface area (Å²) in [6.45, 7) is 22.5. The van der Waals surface area contributed by atoms with E-state index in [0.29, 0.717) is 38.3 Å². The van der Waals surface area contributed by atoms with Gasteiger partial charge >= 0.3 is 5.97 Å². The molecule has 0 aliphatic carbocycles. The number of methoxy groups -OCH3 is 1. The molecule has 1 aromatic heterocycles. The van der Waals surface area contributed by atoms with Gasteiger partial charge in [-0.25, -0.2) is 5.43 Å². The van der Waals surface area contributed by atoms with Crippen LogP contribution in [0, 0.1) is 16.7 Å². The lowest BCUT2D eigenvalue weighted by Gasteiger charge is -2.46. The van der Waals surface area contributed by atoms with Crippen LogP contribution in [0.25, 0.3) is 27.6 Å². The van der Waals surface area contributed by atoms with Gasteiger partial charge in [-0.3, -0.25) is 39.1 Å². The van der Waals surface area contributed by atoms with Crippen molar-refractivity contribution in [1.29, 1.82) is 0 Å². The molecule has 3 aromatic rings. The number of hydrogen-bond donors (Lipinski definition) is 3. The molecule has 1 unspecified atom stereocenters. The van der Waals surface area contributed by atoms with Crippen LogP contribution in [0.2, 0.25) is 0 Å². The van der Waals surface area contributed by atoms with Crippen molar-refractivity contribution in [2.45, 2.75) is 149 Å². The number of hydrogen-bond acceptors (Lipinski definition) is 11. The Hall–Kier alpha value is -4.44. The van der Waals surface area contributed by atoms with Gasteiger partial charge in [0.1, 0.15) is 12.1 Å². The number of hydrazine groups is 1. The fourth-order valence-electron chi connectivity index (χ4n) is 13.5. The molecular formula is C57H81N9O5. The minimum atomic E-state index is -0.857. The summed E-state index contributed by atoms with van der Waals surface area (Å²) in [6.07, 6.45) is 11.0. The molecule has 0 saturated carbocycles. The molecule has 6 bridgehead atoms. The molecule has 2 aromatic carbocycles. The van der Waals surface area contributed by atoms with Crippen molar-refractivity contribution in [3.05, 3.63) is 65.0 Å². The second-order valence-corrected chi connectivity index (χ2v) is 23.3. The summed E-state index contributed by atoms with van der Waals surface area (Å²) in [5, 5.41) is 9.60. The molecule has 3 N–H and O–H groups in total. The van der Waals surface area contributed by atoms with Gasteiger partial charge in [0.25, 0.3) is 5.91 Å². The van der Waals surface area contributed by atoms with Gasteiger partial charge in [-0.15, -0.1) is 0 Å². The summed E-state index contributed by atoms with van der Waals surface area (Å²) >= 11 is 0. The van der Waals surface area contributed by atoms with Crippen LogP contribution in [0.4, 0.5) is 0 Å². The Morgan fingerprint density at radius 1 is 0.958 bits per heavy atom. The van der Waals surface area contributed by atoms with Crippen molar-refractivity contribution >= 4 is 40.5 Å². The lowest BCUT2D eigenvalue weighted by Crippen LogP contribution is -2.62. The van der Waals surface area contributed by atoms with E-state index in [9.17, 15) is 14.4 Å². The number of ether oxygens (including phenoxy) is 2. The summed E-state index contributed by atoms with van der Waals surface area (Å²) in [4.78, 5) is 56.7. The molecule has 10 rings (SSSR count). The monoisotopic (exact) mass is 972 g/mol. The van der Waals surface area contributed by atoms with Crippen LogP contribution in [0.3, 0.4) is 0 Å². The highest BCUT2D eigenvalue weighted by Crippen LogP contribution is 2.43. The largest absolute Gasteiger partial charge is 0.464 e. The van der Waals surface area contributed by atoms with E-state index >= 15 is 0 Å². The molecule has 5 saturated heterocycles. The number of fused-ring (bicyclic) bond motifs is 7. The van der Waals surface area contributed by atoms with Crippen LogP contribution in [0.5, 0.6) is 0 Å². The molecule has 7 aliphatic rings. The molecule has 71 heavy (non-hydrogen) atoms. The first-order valence-corrected chi connectivity index (χ1v) is 27.3. The lowest BCUT2D eigenvalue weighted by atomic mass is 9.83. The van der Waals surface area contributed by atoms with E-state index in [1.54, 1.807) is 12.1 Å². The fourth-order valence-corrected chi connectivity index (χ4v) is 13.5. The molecule has 14 heteroatoms. The molecule has 8 heterocycles. The number of rotatable bonds is 9. The average molecular weight is 972 g/mol. The quantitative estimate of drug-likeness (QED) is 0.206. The third kappa shape index (κ3) is 10.3. The van der Waals surface area contributed by atoms with Crippen LogP contribution in [-0.4, -0.2) is 157 Å². The van der Waals surface area contributed by atoms with Crippen LogP contribution in [0.1, 0.15) is 110 Å². The Kier molecular flexibility index (Phi) is 14.7. The highest BCUT2D eigenvalue weighted by atomic mass is 16.5. The number of piperazine rings is 1. The maximum atomic E-state index is 14.8. The number of carbonyl (C=O) groups excluding carboxylic acids is 3. The zero-order valence-electron chi connectivity index (χ0n) is 43.7. The number of cyclic esters (lactones) is 1. The number of aromatic nitrogens is 1. The van der Waals surface area contributed by atoms with Crippen LogP contribution in [-0.2, 0) is 43.2 Å². The van der Waals surface area contributed by atoms with Gasteiger partial charge in [0, 0.05) is 99.5 Å². The highest BCUT2D eigenvalue weighted by molar-refractivity contribution is 5.95. The molecule has 7 aliphatic heterocycles. The normalized spacial score (nSPS) is 28.9. The summed E-state index contributed by atoms with van der Waals surface area (Å²) < 4.78 is 14.9. The number of aliphatic imine (C=N–C) groups is 1. The molecule has 14 nitrogen and oxygen atoms in total. The van der Waals surface area contributed by atoms with E-state index in [2.05, 4.69) is 126 Å². The van der Waals surface area contributed by atoms with Gasteiger partial charge in [-0.1, -0.05) is 64.4 Å². The Morgan fingerprint density at radius 3 is 2.58 bits per heavy atom. The number of carbonyl (C=O) groups is 3. The first-order valence-electron chi connectivity index (χ1n) is 27.3. The Balaban J connectivity index is 1.03. The Labute approximate surface area is 422 Å². The van der Waals surface area contributed by atoms with Crippen LogP contribution < -0.4 is 16.1 Å². The first kappa shape index (κ1) is 50.1. The number of likely N-dealkylation sites (tertiary alicyclic amines) is 1. The molecule has 2 amide bonds. The van der Waals surface area contributed by atoms with Crippen LogP contribution in [0.15, 0.2) is 53.2 Å². The lowest BCUT2D eigenvalue weighted by molar-refractivity contribution is -0.155. The molecule has 384 valence electrons. The first-order chi connectivity index (χ1) is 34.2. The maximum absolute atomic E-state index is 14.8. The molecule has 0 radical (unpaired) electrons. The van der Waals surface area contributed by atoms with Crippen molar-refractivity contribution in [3.8, 4) is 11.1 Å². The summed E-state index contributed by atoms with van der Waals surface area (Å²) in [6, 6.07) is 14.2. The second kappa shape index (κ2) is 20.8. The Morgan fingerprint density at radius 2 is 1.79 bits per heavy atom. The number of nitrogens with zero attached hydrogens (tertiary/aromatic N) is 6. The third-order valence-corrected chi connectivity index (χ3v) is 17.4. The number of piperidine rings is 1. The molecular weight excluding hydrogens is 891 g/mol. The molecule has 1 spiro atoms. The zero-order valence-corrected chi connectivity index (χ0v) is 43.7. The van der Waals surface area contributed by atoms with Gasteiger partial charge in [0.05, 0.1) is 30.1 Å². The number of benzene rings is 2. The van der Waals surface area contributed by atoms with Crippen molar-refractivity contribution in [3.63, 3.8) is 0 Å². The summed E-state index contributed by atoms with van der Waals surface area (Å²) in [5.74, 6) is -0.685. The summed E-state index contributed by atoms with van der Waals surface area (Å²) in [5.41, 5.74) is 11.9.